The summed E-state index contributed by atoms with van der Waals surface area (Å²) in [5.74, 6) is 6.23. The Kier molecular flexibility index (Phi) is 6.64. The van der Waals surface area contributed by atoms with Crippen molar-refractivity contribution in [2.24, 2.45) is 5.92 Å². The fraction of sp³-hybridized carbons (Fsp3) is 0.524. The van der Waals surface area contributed by atoms with Gasteiger partial charge in [0.1, 0.15) is 17.5 Å². The first-order valence-corrected chi connectivity index (χ1v) is 8.96. The van der Waals surface area contributed by atoms with Gasteiger partial charge in [-0.25, -0.2) is 9.18 Å². The van der Waals surface area contributed by atoms with Crippen LogP contribution in [-0.4, -0.2) is 17.7 Å². The van der Waals surface area contributed by atoms with E-state index in [0.29, 0.717) is 17.0 Å². The van der Waals surface area contributed by atoms with Crippen LogP contribution in [0.25, 0.3) is 0 Å². The van der Waals surface area contributed by atoms with E-state index in [9.17, 15) is 14.4 Å². The van der Waals surface area contributed by atoms with Gasteiger partial charge in [-0.2, -0.15) is 5.26 Å². The number of ether oxygens (including phenoxy) is 1. The minimum atomic E-state index is -0.866. The molecule has 1 aromatic carbocycles. The fourth-order valence-electron chi connectivity index (χ4n) is 2.84. The van der Waals surface area contributed by atoms with Crippen LogP contribution in [0.3, 0.4) is 0 Å². The minimum absolute atomic E-state index is 0.0674. The van der Waals surface area contributed by atoms with E-state index in [1.807, 2.05) is 6.07 Å². The highest BCUT2D eigenvalue weighted by Gasteiger charge is 2.20. The summed E-state index contributed by atoms with van der Waals surface area (Å²) < 4.78 is 19.5. The SMILES string of the molecule is CC(C)(C)OC(=O)N[C@H](C#N)Cc1ccc(C#CC2CCCC2)cc1F. The molecule has 1 atom stereocenters. The second-order valence-corrected chi connectivity index (χ2v) is 7.59. The number of nitriles is 1. The Morgan fingerprint density at radius 3 is 2.65 bits per heavy atom. The van der Waals surface area contributed by atoms with Gasteiger partial charge in [-0.3, -0.25) is 0 Å². The Balaban J connectivity index is 1.99. The lowest BCUT2D eigenvalue weighted by Gasteiger charge is -2.21. The van der Waals surface area contributed by atoms with E-state index in [-0.39, 0.29) is 6.42 Å². The number of hydrogen-bond acceptors (Lipinski definition) is 3. The van der Waals surface area contributed by atoms with Crippen LogP contribution in [0.1, 0.15) is 57.6 Å². The number of alkyl carbamates (subject to hydrolysis) is 1. The number of nitrogens with zero attached hydrogens (tertiary/aromatic N) is 1. The third-order valence-electron chi connectivity index (χ3n) is 4.10. The smallest absolute Gasteiger partial charge is 0.408 e. The predicted octanol–water partition coefficient (Wildman–Crippen LogP) is 4.33. The Morgan fingerprint density at radius 2 is 2.08 bits per heavy atom. The molecule has 1 fully saturated rings. The number of amides is 1. The van der Waals surface area contributed by atoms with Gasteiger partial charge in [-0.1, -0.05) is 30.7 Å². The lowest BCUT2D eigenvalue weighted by molar-refractivity contribution is 0.0515. The van der Waals surface area contributed by atoms with E-state index in [2.05, 4.69) is 17.2 Å². The molecule has 0 bridgehead atoms. The third-order valence-corrected chi connectivity index (χ3v) is 4.10. The summed E-state index contributed by atoms with van der Waals surface area (Å²) >= 11 is 0. The van der Waals surface area contributed by atoms with Gasteiger partial charge in [0.15, 0.2) is 0 Å². The first kappa shape index (κ1) is 19.8. The fourth-order valence-corrected chi connectivity index (χ4v) is 2.84. The van der Waals surface area contributed by atoms with E-state index in [1.54, 1.807) is 32.9 Å². The van der Waals surface area contributed by atoms with Crippen LogP contribution in [0.2, 0.25) is 0 Å². The van der Waals surface area contributed by atoms with Crippen molar-refractivity contribution in [2.75, 3.05) is 0 Å². The summed E-state index contributed by atoms with van der Waals surface area (Å²) in [6.07, 6.45) is 4.04. The standard InChI is InChI=1S/C21H25FN2O2/c1-21(2,3)26-20(25)24-18(14-23)13-17-11-10-16(12-19(17)22)9-8-15-6-4-5-7-15/h10-12,15,18H,4-7,13H2,1-3H3,(H,24,25)/t18-/m0/s1. The molecular formula is C21H25FN2O2. The first-order valence-electron chi connectivity index (χ1n) is 8.96. The van der Waals surface area contributed by atoms with Crippen molar-refractivity contribution in [2.45, 2.75) is 64.5 Å². The quantitative estimate of drug-likeness (QED) is 0.820. The molecule has 4 nitrogen and oxygen atoms in total. The number of rotatable bonds is 3. The Hall–Kier alpha value is -2.53. The molecule has 0 saturated heterocycles. The average molecular weight is 356 g/mol. The summed E-state index contributed by atoms with van der Waals surface area (Å²) in [7, 11) is 0. The molecule has 1 N–H and O–H groups in total. The molecule has 1 aliphatic rings. The van der Waals surface area contributed by atoms with Gasteiger partial charge in [0, 0.05) is 17.9 Å². The maximum Gasteiger partial charge on any atom is 0.408 e. The van der Waals surface area contributed by atoms with Crippen molar-refractivity contribution in [3.05, 3.63) is 35.1 Å². The van der Waals surface area contributed by atoms with Crippen molar-refractivity contribution in [1.82, 2.24) is 5.32 Å². The lowest BCUT2D eigenvalue weighted by atomic mass is 10.0. The Labute approximate surface area is 154 Å². The van der Waals surface area contributed by atoms with Crippen LogP contribution < -0.4 is 5.32 Å². The zero-order valence-corrected chi connectivity index (χ0v) is 15.6. The predicted molar refractivity (Wildman–Crippen MR) is 97.7 cm³/mol. The van der Waals surface area contributed by atoms with Crippen LogP contribution in [0, 0.1) is 34.9 Å². The van der Waals surface area contributed by atoms with E-state index < -0.39 is 23.6 Å². The van der Waals surface area contributed by atoms with E-state index in [1.165, 1.54) is 18.9 Å². The molecule has 1 saturated carbocycles. The van der Waals surface area contributed by atoms with Gasteiger partial charge in [-0.15, -0.1) is 0 Å². The monoisotopic (exact) mass is 356 g/mol. The van der Waals surface area contributed by atoms with Gasteiger partial charge < -0.3 is 10.1 Å². The molecule has 0 radical (unpaired) electrons. The summed E-state index contributed by atoms with van der Waals surface area (Å²) in [5.41, 5.74) is 0.334. The van der Waals surface area contributed by atoms with Gasteiger partial charge >= 0.3 is 6.09 Å². The second kappa shape index (κ2) is 8.72. The summed E-state index contributed by atoms with van der Waals surface area (Å²) in [4.78, 5) is 11.8. The zero-order chi connectivity index (χ0) is 19.2. The van der Waals surface area contributed by atoms with E-state index in [4.69, 9.17) is 4.74 Å². The highest BCUT2D eigenvalue weighted by Crippen LogP contribution is 2.23. The molecule has 2 rings (SSSR count). The molecule has 0 spiro atoms. The van der Waals surface area contributed by atoms with Crippen LogP contribution in [0.5, 0.6) is 0 Å². The number of benzene rings is 1. The van der Waals surface area contributed by atoms with Gasteiger partial charge in [-0.05, 0) is 51.3 Å². The molecule has 1 amide bonds. The number of carbonyl (C=O) groups excluding carboxylic acids is 1. The maximum absolute atomic E-state index is 14.3. The molecule has 1 aliphatic carbocycles. The van der Waals surface area contributed by atoms with Crippen molar-refractivity contribution in [1.29, 1.82) is 5.26 Å². The molecule has 0 aromatic heterocycles. The number of nitrogens with one attached hydrogen (secondary N) is 1. The lowest BCUT2D eigenvalue weighted by Crippen LogP contribution is -2.39. The molecule has 1 aromatic rings. The summed E-state index contributed by atoms with van der Waals surface area (Å²) in [6, 6.07) is 5.86. The highest BCUT2D eigenvalue weighted by molar-refractivity contribution is 5.68. The Bertz CT molecular complexity index is 744. The average Bonchev–Trinajstić information content (AvgIpc) is 3.06. The summed E-state index contributed by atoms with van der Waals surface area (Å²) in [6.45, 7) is 5.21. The second-order valence-electron chi connectivity index (χ2n) is 7.59. The molecular weight excluding hydrogens is 331 g/mol. The Morgan fingerprint density at radius 1 is 1.38 bits per heavy atom. The molecule has 0 unspecified atom stereocenters. The molecule has 0 aliphatic heterocycles. The van der Waals surface area contributed by atoms with Crippen LogP contribution in [0.4, 0.5) is 9.18 Å². The zero-order valence-electron chi connectivity index (χ0n) is 15.6. The molecule has 0 heterocycles. The topological polar surface area (TPSA) is 62.1 Å². The minimum Gasteiger partial charge on any atom is -0.444 e. The van der Waals surface area contributed by atoms with E-state index in [0.717, 1.165) is 12.8 Å². The summed E-state index contributed by atoms with van der Waals surface area (Å²) in [5, 5.41) is 11.7. The van der Waals surface area contributed by atoms with Crippen molar-refractivity contribution >= 4 is 6.09 Å². The normalized spacial score (nSPS) is 15.5. The number of halogens is 1. The molecule has 138 valence electrons. The van der Waals surface area contributed by atoms with Crippen molar-refractivity contribution in [3.63, 3.8) is 0 Å². The van der Waals surface area contributed by atoms with Gasteiger partial charge in [0.2, 0.25) is 0 Å². The maximum atomic E-state index is 14.3. The third kappa shape index (κ3) is 6.41. The van der Waals surface area contributed by atoms with Crippen molar-refractivity contribution < 1.29 is 13.9 Å². The van der Waals surface area contributed by atoms with Crippen LogP contribution in [-0.2, 0) is 11.2 Å². The number of carbonyl (C=O) groups is 1. The van der Waals surface area contributed by atoms with Crippen molar-refractivity contribution in [3.8, 4) is 17.9 Å². The molecule has 5 heteroatoms. The van der Waals surface area contributed by atoms with Gasteiger partial charge in [0.25, 0.3) is 0 Å². The van der Waals surface area contributed by atoms with Gasteiger partial charge in [0.05, 0.1) is 6.07 Å². The first-order chi connectivity index (χ1) is 12.3. The largest absolute Gasteiger partial charge is 0.444 e. The molecule has 26 heavy (non-hydrogen) atoms. The van der Waals surface area contributed by atoms with Crippen LogP contribution in [0.15, 0.2) is 18.2 Å². The van der Waals surface area contributed by atoms with E-state index >= 15 is 0 Å². The number of hydrogen-bond donors (Lipinski definition) is 1. The van der Waals surface area contributed by atoms with Crippen LogP contribution >= 0.6 is 0 Å². The highest BCUT2D eigenvalue weighted by atomic mass is 19.1.